The Bertz CT molecular complexity index is 143. The van der Waals surface area contributed by atoms with E-state index < -0.39 is 0 Å². The average Bonchev–Trinajstić information content (AvgIpc) is 2.35. The van der Waals surface area contributed by atoms with Crippen molar-refractivity contribution >= 4 is 0 Å². The third kappa shape index (κ3) is 2.76. The number of rotatable bonds is 3. The second kappa shape index (κ2) is 3.75. The van der Waals surface area contributed by atoms with Gasteiger partial charge in [0.25, 0.3) is 0 Å². The zero-order chi connectivity index (χ0) is 9.19. The summed E-state index contributed by atoms with van der Waals surface area (Å²) in [6, 6.07) is 0.713. The Hall–Kier alpha value is -0.0800. The third-order valence-electron chi connectivity index (χ3n) is 2.87. The van der Waals surface area contributed by atoms with Crippen LogP contribution in [0.3, 0.4) is 0 Å². The van der Waals surface area contributed by atoms with E-state index in [0.29, 0.717) is 11.6 Å². The molecule has 2 nitrogen and oxygen atoms in total. The molecule has 1 heterocycles. The summed E-state index contributed by atoms with van der Waals surface area (Å²) in [4.78, 5) is 2.39. The van der Waals surface area contributed by atoms with E-state index >= 15 is 0 Å². The van der Waals surface area contributed by atoms with E-state index in [1.807, 2.05) is 0 Å². The van der Waals surface area contributed by atoms with Crippen molar-refractivity contribution in [1.82, 2.24) is 10.2 Å². The van der Waals surface area contributed by atoms with Crippen LogP contribution in [0.5, 0.6) is 0 Å². The van der Waals surface area contributed by atoms with Gasteiger partial charge >= 0.3 is 0 Å². The zero-order valence-corrected chi connectivity index (χ0v) is 8.85. The quantitative estimate of drug-likeness (QED) is 0.690. The summed E-state index contributed by atoms with van der Waals surface area (Å²) in [6.45, 7) is 9.27. The molecule has 1 aliphatic heterocycles. The van der Waals surface area contributed by atoms with Crippen molar-refractivity contribution in [3.63, 3.8) is 0 Å². The molecule has 0 bridgehead atoms. The van der Waals surface area contributed by atoms with Gasteiger partial charge in [0, 0.05) is 18.1 Å². The minimum absolute atomic E-state index is 0.315. The van der Waals surface area contributed by atoms with Crippen LogP contribution in [0.2, 0.25) is 0 Å². The standard InChI is InChI=1S/C10H22N2/c1-5-10(2,3)11-9-6-7-12(4)8-9/h9,11H,5-8H2,1-4H3/t9-/m0/s1. The van der Waals surface area contributed by atoms with Gasteiger partial charge in [0.05, 0.1) is 0 Å². The highest BCUT2D eigenvalue weighted by atomic mass is 15.2. The van der Waals surface area contributed by atoms with Crippen LogP contribution in [0.25, 0.3) is 0 Å². The average molecular weight is 170 g/mol. The first-order chi connectivity index (χ1) is 5.53. The number of likely N-dealkylation sites (tertiary alicyclic amines) is 1. The molecule has 0 spiro atoms. The molecule has 12 heavy (non-hydrogen) atoms. The molecule has 0 unspecified atom stereocenters. The fourth-order valence-corrected chi connectivity index (χ4v) is 1.71. The summed E-state index contributed by atoms with van der Waals surface area (Å²) in [5.74, 6) is 0. The Labute approximate surface area is 76.3 Å². The van der Waals surface area contributed by atoms with E-state index in [2.05, 4.69) is 38.0 Å². The topological polar surface area (TPSA) is 15.3 Å². The van der Waals surface area contributed by atoms with Crippen molar-refractivity contribution in [2.45, 2.75) is 45.2 Å². The molecule has 1 rings (SSSR count). The molecule has 1 atom stereocenters. The first kappa shape index (κ1) is 10.0. The van der Waals surface area contributed by atoms with Crippen LogP contribution in [-0.2, 0) is 0 Å². The van der Waals surface area contributed by atoms with Gasteiger partial charge in [-0.05, 0) is 40.3 Å². The SMILES string of the molecule is CCC(C)(C)N[C@H]1CCN(C)C1. The Kier molecular flexibility index (Phi) is 3.13. The van der Waals surface area contributed by atoms with Crippen LogP contribution in [0, 0.1) is 0 Å². The van der Waals surface area contributed by atoms with Gasteiger partial charge in [-0.3, -0.25) is 0 Å². The molecular formula is C10H22N2. The summed E-state index contributed by atoms with van der Waals surface area (Å²) in [5, 5.41) is 3.69. The lowest BCUT2D eigenvalue weighted by molar-refractivity contribution is 0.315. The van der Waals surface area contributed by atoms with Crippen molar-refractivity contribution < 1.29 is 0 Å². The third-order valence-corrected chi connectivity index (χ3v) is 2.87. The largest absolute Gasteiger partial charge is 0.308 e. The molecule has 0 saturated carbocycles. The molecule has 1 saturated heterocycles. The second-order valence-corrected chi connectivity index (χ2v) is 4.63. The van der Waals surface area contributed by atoms with Crippen LogP contribution < -0.4 is 5.32 Å². The molecule has 72 valence electrons. The number of hydrogen-bond acceptors (Lipinski definition) is 2. The summed E-state index contributed by atoms with van der Waals surface area (Å²) in [5.41, 5.74) is 0.315. The highest BCUT2D eigenvalue weighted by molar-refractivity contribution is 4.86. The van der Waals surface area contributed by atoms with Gasteiger partial charge in [-0.2, -0.15) is 0 Å². The molecule has 0 aromatic rings. The van der Waals surface area contributed by atoms with Crippen LogP contribution in [0.4, 0.5) is 0 Å². The maximum atomic E-state index is 3.69. The van der Waals surface area contributed by atoms with Crippen LogP contribution in [-0.4, -0.2) is 36.6 Å². The maximum Gasteiger partial charge on any atom is 0.0212 e. The van der Waals surface area contributed by atoms with Crippen molar-refractivity contribution in [3.8, 4) is 0 Å². The molecule has 1 fully saturated rings. The minimum atomic E-state index is 0.315. The fraction of sp³-hybridized carbons (Fsp3) is 1.00. The van der Waals surface area contributed by atoms with Gasteiger partial charge in [-0.25, -0.2) is 0 Å². The number of likely N-dealkylation sites (N-methyl/N-ethyl adjacent to an activating group) is 1. The fourth-order valence-electron chi connectivity index (χ4n) is 1.71. The van der Waals surface area contributed by atoms with Crippen molar-refractivity contribution in [3.05, 3.63) is 0 Å². The minimum Gasteiger partial charge on any atom is -0.308 e. The van der Waals surface area contributed by atoms with Gasteiger partial charge in [0.1, 0.15) is 0 Å². The van der Waals surface area contributed by atoms with Gasteiger partial charge in [0.2, 0.25) is 0 Å². The Morgan fingerprint density at radius 2 is 2.17 bits per heavy atom. The van der Waals surface area contributed by atoms with Gasteiger partial charge in [0.15, 0.2) is 0 Å². The molecule has 0 aromatic heterocycles. The molecule has 0 amide bonds. The molecule has 1 aliphatic rings. The lowest BCUT2D eigenvalue weighted by Gasteiger charge is -2.28. The smallest absolute Gasteiger partial charge is 0.0212 e. The molecule has 1 N–H and O–H groups in total. The Morgan fingerprint density at radius 3 is 2.58 bits per heavy atom. The second-order valence-electron chi connectivity index (χ2n) is 4.63. The predicted molar refractivity (Wildman–Crippen MR) is 53.4 cm³/mol. The van der Waals surface area contributed by atoms with E-state index in [0.717, 1.165) is 0 Å². The first-order valence-corrected chi connectivity index (χ1v) is 5.00. The predicted octanol–water partition coefficient (Wildman–Crippen LogP) is 1.47. The van der Waals surface area contributed by atoms with Crippen molar-refractivity contribution in [2.24, 2.45) is 0 Å². The normalized spacial score (nSPS) is 26.5. The van der Waals surface area contributed by atoms with Gasteiger partial charge < -0.3 is 10.2 Å². The van der Waals surface area contributed by atoms with Crippen LogP contribution in [0.15, 0.2) is 0 Å². The monoisotopic (exact) mass is 170 g/mol. The lowest BCUT2D eigenvalue weighted by Crippen LogP contribution is -2.46. The molecule has 0 aliphatic carbocycles. The Morgan fingerprint density at radius 1 is 1.50 bits per heavy atom. The van der Waals surface area contributed by atoms with Gasteiger partial charge in [-0.1, -0.05) is 6.92 Å². The van der Waals surface area contributed by atoms with Crippen LogP contribution in [0.1, 0.15) is 33.6 Å². The lowest BCUT2D eigenvalue weighted by atomic mass is 10.0. The number of nitrogens with zero attached hydrogens (tertiary/aromatic N) is 1. The molecule has 0 radical (unpaired) electrons. The van der Waals surface area contributed by atoms with E-state index in [-0.39, 0.29) is 0 Å². The number of hydrogen-bond donors (Lipinski definition) is 1. The summed E-state index contributed by atoms with van der Waals surface area (Å²) in [7, 11) is 2.20. The number of nitrogens with one attached hydrogen (secondary N) is 1. The van der Waals surface area contributed by atoms with E-state index in [1.54, 1.807) is 0 Å². The van der Waals surface area contributed by atoms with E-state index in [1.165, 1.54) is 25.9 Å². The van der Waals surface area contributed by atoms with Crippen molar-refractivity contribution in [1.29, 1.82) is 0 Å². The summed E-state index contributed by atoms with van der Waals surface area (Å²) < 4.78 is 0. The van der Waals surface area contributed by atoms with Crippen LogP contribution >= 0.6 is 0 Å². The highest BCUT2D eigenvalue weighted by Crippen LogP contribution is 2.13. The summed E-state index contributed by atoms with van der Waals surface area (Å²) >= 11 is 0. The maximum absolute atomic E-state index is 3.69. The first-order valence-electron chi connectivity index (χ1n) is 5.00. The Balaban J connectivity index is 2.32. The molecular weight excluding hydrogens is 148 g/mol. The molecule has 2 heteroatoms. The van der Waals surface area contributed by atoms with Crippen molar-refractivity contribution in [2.75, 3.05) is 20.1 Å². The van der Waals surface area contributed by atoms with E-state index in [9.17, 15) is 0 Å². The van der Waals surface area contributed by atoms with E-state index in [4.69, 9.17) is 0 Å². The van der Waals surface area contributed by atoms with Gasteiger partial charge in [-0.15, -0.1) is 0 Å². The summed E-state index contributed by atoms with van der Waals surface area (Å²) in [6.07, 6.45) is 2.51. The molecule has 0 aromatic carbocycles. The highest BCUT2D eigenvalue weighted by Gasteiger charge is 2.24. The zero-order valence-electron chi connectivity index (χ0n) is 8.85.